The smallest absolute Gasteiger partial charge is 0.330 e. The van der Waals surface area contributed by atoms with Gasteiger partial charge in [0.05, 0.1) is 12.0 Å². The second kappa shape index (κ2) is 3.86. The number of ether oxygens (including phenoxy) is 1. The van der Waals surface area contributed by atoms with Crippen molar-refractivity contribution in [2.45, 2.75) is 13.0 Å². The Morgan fingerprint density at radius 2 is 2.43 bits per heavy atom. The first-order valence-electron chi connectivity index (χ1n) is 3.82. The van der Waals surface area contributed by atoms with Gasteiger partial charge in [0.1, 0.15) is 18.4 Å². The Labute approximate surface area is 79.4 Å². The van der Waals surface area contributed by atoms with Crippen molar-refractivity contribution in [3.05, 3.63) is 22.5 Å². The molecule has 1 rings (SSSR count). The molecule has 1 atom stereocenters. The molecule has 0 radical (unpaired) electrons. The highest BCUT2D eigenvalue weighted by Crippen LogP contribution is 2.13. The first kappa shape index (κ1) is 10.2. The standard InChI is InChI=1S/C7H9N3O4/c1-5(7(11)14-2)9-4-6(3-8-9)10(12)13/h3-5H,1-2H3/t5-/m1/s1. The lowest BCUT2D eigenvalue weighted by molar-refractivity contribution is -0.385. The Morgan fingerprint density at radius 3 is 2.86 bits per heavy atom. The van der Waals surface area contributed by atoms with Crippen LogP contribution in [0.25, 0.3) is 0 Å². The van der Waals surface area contributed by atoms with E-state index in [2.05, 4.69) is 9.84 Å². The fourth-order valence-electron chi connectivity index (χ4n) is 0.913. The van der Waals surface area contributed by atoms with Crippen LogP contribution in [0.1, 0.15) is 13.0 Å². The molecule has 76 valence electrons. The number of carbonyl (C=O) groups is 1. The first-order valence-corrected chi connectivity index (χ1v) is 3.82. The van der Waals surface area contributed by atoms with E-state index in [1.807, 2.05) is 0 Å². The lowest BCUT2D eigenvalue weighted by Gasteiger charge is -2.07. The van der Waals surface area contributed by atoms with Gasteiger partial charge >= 0.3 is 11.7 Å². The molecule has 0 aromatic carbocycles. The number of esters is 1. The summed E-state index contributed by atoms with van der Waals surface area (Å²) in [5, 5.41) is 14.0. The number of carbonyl (C=O) groups excluding carboxylic acids is 1. The molecular weight excluding hydrogens is 190 g/mol. The number of nitrogens with zero attached hydrogens (tertiary/aromatic N) is 3. The van der Waals surface area contributed by atoms with E-state index in [0.717, 1.165) is 6.20 Å². The van der Waals surface area contributed by atoms with Gasteiger partial charge in [-0.15, -0.1) is 0 Å². The number of hydrogen-bond donors (Lipinski definition) is 0. The number of nitro groups is 1. The van der Waals surface area contributed by atoms with E-state index in [0.29, 0.717) is 0 Å². The summed E-state index contributed by atoms with van der Waals surface area (Å²) in [6.45, 7) is 1.54. The van der Waals surface area contributed by atoms with Gasteiger partial charge in [-0.25, -0.2) is 4.79 Å². The van der Waals surface area contributed by atoms with Crippen LogP contribution >= 0.6 is 0 Å². The van der Waals surface area contributed by atoms with E-state index < -0.39 is 16.9 Å². The molecule has 0 fully saturated rings. The molecule has 7 nitrogen and oxygen atoms in total. The third-order valence-corrected chi connectivity index (χ3v) is 1.74. The third kappa shape index (κ3) is 1.87. The minimum absolute atomic E-state index is 0.152. The summed E-state index contributed by atoms with van der Waals surface area (Å²) in [5.74, 6) is -0.497. The Balaban J connectivity index is 2.86. The van der Waals surface area contributed by atoms with E-state index in [-0.39, 0.29) is 5.69 Å². The molecule has 0 N–H and O–H groups in total. The van der Waals surface area contributed by atoms with Gasteiger partial charge in [0.15, 0.2) is 0 Å². The van der Waals surface area contributed by atoms with Gasteiger partial charge < -0.3 is 4.74 Å². The largest absolute Gasteiger partial charge is 0.467 e. The highest BCUT2D eigenvalue weighted by atomic mass is 16.6. The summed E-state index contributed by atoms with van der Waals surface area (Å²) >= 11 is 0. The monoisotopic (exact) mass is 199 g/mol. The highest BCUT2D eigenvalue weighted by molar-refractivity contribution is 5.73. The van der Waals surface area contributed by atoms with Crippen molar-refractivity contribution in [2.24, 2.45) is 0 Å². The minimum atomic E-state index is -0.659. The van der Waals surface area contributed by atoms with Crippen molar-refractivity contribution in [3.8, 4) is 0 Å². The minimum Gasteiger partial charge on any atom is -0.467 e. The van der Waals surface area contributed by atoms with Gasteiger partial charge in [-0.2, -0.15) is 5.10 Å². The molecule has 0 aliphatic heterocycles. The van der Waals surface area contributed by atoms with Crippen molar-refractivity contribution in [2.75, 3.05) is 7.11 Å². The molecule has 0 saturated carbocycles. The average Bonchev–Trinajstić information content (AvgIpc) is 2.64. The zero-order valence-electron chi connectivity index (χ0n) is 7.71. The summed E-state index contributed by atoms with van der Waals surface area (Å²) < 4.78 is 5.65. The van der Waals surface area contributed by atoms with E-state index in [1.165, 1.54) is 18.0 Å². The molecule has 0 amide bonds. The third-order valence-electron chi connectivity index (χ3n) is 1.74. The molecule has 1 aromatic heterocycles. The summed E-state index contributed by atoms with van der Waals surface area (Å²) in [6, 6.07) is -0.659. The Bertz CT molecular complexity index is 360. The quantitative estimate of drug-likeness (QED) is 0.402. The number of hydrogen-bond acceptors (Lipinski definition) is 5. The second-order valence-electron chi connectivity index (χ2n) is 2.63. The molecule has 1 aromatic rings. The van der Waals surface area contributed by atoms with Crippen LogP contribution in [0.4, 0.5) is 5.69 Å². The molecule has 14 heavy (non-hydrogen) atoms. The summed E-state index contributed by atoms with van der Waals surface area (Å²) in [5.41, 5.74) is -0.152. The van der Waals surface area contributed by atoms with Crippen LogP contribution in [0, 0.1) is 10.1 Å². The maximum absolute atomic E-state index is 11.0. The molecule has 0 unspecified atom stereocenters. The van der Waals surface area contributed by atoms with Gasteiger partial charge in [0, 0.05) is 0 Å². The molecule has 0 aliphatic carbocycles. The van der Waals surface area contributed by atoms with Crippen LogP contribution in [0.15, 0.2) is 12.4 Å². The number of methoxy groups -OCH3 is 1. The van der Waals surface area contributed by atoms with Crippen LogP contribution < -0.4 is 0 Å². The fourth-order valence-corrected chi connectivity index (χ4v) is 0.913. The van der Waals surface area contributed by atoms with Gasteiger partial charge in [0.25, 0.3) is 0 Å². The SMILES string of the molecule is COC(=O)[C@@H](C)n1cc([N+](=O)[O-])cn1. The van der Waals surface area contributed by atoms with Crippen molar-refractivity contribution in [3.63, 3.8) is 0 Å². The van der Waals surface area contributed by atoms with Crippen molar-refractivity contribution < 1.29 is 14.5 Å². The maximum atomic E-state index is 11.0. The molecule has 0 aliphatic rings. The van der Waals surface area contributed by atoms with Crippen LogP contribution in [-0.4, -0.2) is 27.8 Å². The molecular formula is C7H9N3O4. The predicted molar refractivity (Wildman–Crippen MR) is 45.6 cm³/mol. The molecule has 1 heterocycles. The van der Waals surface area contributed by atoms with Crippen LogP contribution in [0.5, 0.6) is 0 Å². The van der Waals surface area contributed by atoms with Crippen molar-refractivity contribution in [1.82, 2.24) is 9.78 Å². The summed E-state index contributed by atoms with van der Waals surface area (Å²) in [7, 11) is 1.25. The van der Waals surface area contributed by atoms with Gasteiger partial charge in [-0.3, -0.25) is 14.8 Å². The van der Waals surface area contributed by atoms with E-state index >= 15 is 0 Å². The van der Waals surface area contributed by atoms with Crippen LogP contribution in [0.3, 0.4) is 0 Å². The predicted octanol–water partition coefficient (Wildman–Crippen LogP) is 0.525. The van der Waals surface area contributed by atoms with E-state index in [1.54, 1.807) is 6.92 Å². The topological polar surface area (TPSA) is 87.3 Å². The van der Waals surface area contributed by atoms with Crippen molar-refractivity contribution in [1.29, 1.82) is 0 Å². The van der Waals surface area contributed by atoms with Crippen LogP contribution in [0.2, 0.25) is 0 Å². The fraction of sp³-hybridized carbons (Fsp3) is 0.429. The molecule has 0 spiro atoms. The Hall–Kier alpha value is -1.92. The van der Waals surface area contributed by atoms with Crippen molar-refractivity contribution >= 4 is 11.7 Å². The van der Waals surface area contributed by atoms with Crippen LogP contribution in [-0.2, 0) is 9.53 Å². The normalized spacial score (nSPS) is 12.1. The highest BCUT2D eigenvalue weighted by Gasteiger charge is 2.18. The zero-order chi connectivity index (χ0) is 10.7. The summed E-state index contributed by atoms with van der Waals surface area (Å²) in [6.07, 6.45) is 2.26. The van der Waals surface area contributed by atoms with E-state index in [9.17, 15) is 14.9 Å². The lowest BCUT2D eigenvalue weighted by atomic mass is 10.3. The summed E-state index contributed by atoms with van der Waals surface area (Å²) in [4.78, 5) is 20.8. The maximum Gasteiger partial charge on any atom is 0.330 e. The number of rotatable bonds is 3. The molecule has 7 heteroatoms. The zero-order valence-corrected chi connectivity index (χ0v) is 7.71. The number of aromatic nitrogens is 2. The lowest BCUT2D eigenvalue weighted by Crippen LogP contribution is -2.17. The van der Waals surface area contributed by atoms with Gasteiger partial charge in [0.2, 0.25) is 0 Å². The average molecular weight is 199 g/mol. The second-order valence-corrected chi connectivity index (χ2v) is 2.63. The van der Waals surface area contributed by atoms with Gasteiger partial charge in [-0.05, 0) is 6.92 Å². The van der Waals surface area contributed by atoms with E-state index in [4.69, 9.17) is 0 Å². The molecule has 0 bridgehead atoms. The Kier molecular flexibility index (Phi) is 2.80. The van der Waals surface area contributed by atoms with Gasteiger partial charge in [-0.1, -0.05) is 0 Å². The Morgan fingerprint density at radius 1 is 1.79 bits per heavy atom. The first-order chi connectivity index (χ1) is 6.56. The molecule has 0 saturated heterocycles.